The van der Waals surface area contributed by atoms with Crippen LogP contribution in [0.25, 0.3) is 0 Å². The van der Waals surface area contributed by atoms with Crippen molar-refractivity contribution in [2.75, 3.05) is 20.0 Å². The van der Waals surface area contributed by atoms with Crippen LogP contribution in [0.5, 0.6) is 0 Å². The van der Waals surface area contributed by atoms with E-state index in [4.69, 9.17) is 9.47 Å². The van der Waals surface area contributed by atoms with Gasteiger partial charge in [0.15, 0.2) is 5.60 Å². The Hall–Kier alpha value is -1.01. The predicted octanol–water partition coefficient (Wildman–Crippen LogP) is 0.754. The van der Waals surface area contributed by atoms with Crippen LogP contribution in [0.3, 0.4) is 0 Å². The first kappa shape index (κ1) is 12.4. The molecule has 2 atom stereocenters. The van der Waals surface area contributed by atoms with Gasteiger partial charge in [-0.1, -0.05) is 0 Å². The van der Waals surface area contributed by atoms with E-state index in [0.717, 1.165) is 5.57 Å². The molecule has 2 aliphatic rings. The van der Waals surface area contributed by atoms with E-state index in [-0.39, 0.29) is 11.3 Å². The van der Waals surface area contributed by atoms with Crippen molar-refractivity contribution in [3.63, 3.8) is 0 Å². The number of amides is 1. The largest absolute Gasteiger partial charge is 0.464 e. The van der Waals surface area contributed by atoms with Crippen LogP contribution in [0.2, 0.25) is 0 Å². The summed E-state index contributed by atoms with van der Waals surface area (Å²) in [5, 5.41) is -0.141. The second-order valence-corrected chi connectivity index (χ2v) is 5.34. The van der Waals surface area contributed by atoms with E-state index >= 15 is 0 Å². The smallest absolute Gasteiger partial charge is 0.354 e. The summed E-state index contributed by atoms with van der Waals surface area (Å²) in [6.45, 7) is 3.59. The first-order chi connectivity index (χ1) is 7.97. The molecule has 1 saturated heterocycles. The summed E-state index contributed by atoms with van der Waals surface area (Å²) in [7, 11) is 2.83. The second kappa shape index (κ2) is 4.03. The number of thioether (sulfide) groups is 1. The fraction of sp³-hybridized carbons (Fsp3) is 0.636. The van der Waals surface area contributed by atoms with E-state index < -0.39 is 11.6 Å². The Balaban J connectivity index is 2.36. The number of β-lactam (4-membered cyclic amide) rings is 1. The lowest BCUT2D eigenvalue weighted by Gasteiger charge is -2.54. The van der Waals surface area contributed by atoms with Crippen LogP contribution in [-0.2, 0) is 19.1 Å². The molecule has 0 radical (unpaired) electrons. The molecule has 0 aliphatic carbocycles. The minimum Gasteiger partial charge on any atom is -0.464 e. The van der Waals surface area contributed by atoms with Crippen LogP contribution < -0.4 is 0 Å². The quantitative estimate of drug-likeness (QED) is 0.540. The van der Waals surface area contributed by atoms with Gasteiger partial charge in [0, 0.05) is 12.9 Å². The molecule has 0 saturated carbocycles. The summed E-state index contributed by atoms with van der Waals surface area (Å²) in [4.78, 5) is 25.2. The third-order valence-corrected chi connectivity index (χ3v) is 4.83. The maximum Gasteiger partial charge on any atom is 0.354 e. The van der Waals surface area contributed by atoms with Crippen molar-refractivity contribution in [3.05, 3.63) is 11.3 Å². The zero-order valence-corrected chi connectivity index (χ0v) is 11.1. The molecular formula is C11H15NO4S. The van der Waals surface area contributed by atoms with Gasteiger partial charge in [0.05, 0.1) is 7.11 Å². The summed E-state index contributed by atoms with van der Waals surface area (Å²) in [5.74, 6) is 0.0638. The molecule has 6 heteroatoms. The monoisotopic (exact) mass is 257 g/mol. The number of fused-ring (bicyclic) bond motifs is 1. The van der Waals surface area contributed by atoms with Gasteiger partial charge in [0.2, 0.25) is 0 Å². The molecule has 0 aromatic rings. The molecule has 0 aromatic carbocycles. The molecule has 1 amide bonds. The summed E-state index contributed by atoms with van der Waals surface area (Å²) in [6, 6.07) is 0. The topological polar surface area (TPSA) is 55.8 Å². The van der Waals surface area contributed by atoms with Gasteiger partial charge in [-0.25, -0.2) is 4.79 Å². The number of carbonyl (C=O) groups excluding carboxylic acids is 2. The second-order valence-electron chi connectivity index (χ2n) is 4.27. The van der Waals surface area contributed by atoms with Crippen molar-refractivity contribution in [1.29, 1.82) is 0 Å². The number of methoxy groups -OCH3 is 2. The van der Waals surface area contributed by atoms with Crippen LogP contribution in [0.1, 0.15) is 13.8 Å². The minimum absolute atomic E-state index is 0.141. The third kappa shape index (κ3) is 1.51. The van der Waals surface area contributed by atoms with E-state index in [1.807, 2.05) is 6.92 Å². The summed E-state index contributed by atoms with van der Waals surface area (Å²) in [5.41, 5.74) is 0.408. The molecule has 1 fully saturated rings. The van der Waals surface area contributed by atoms with E-state index in [1.165, 1.54) is 19.1 Å². The van der Waals surface area contributed by atoms with Gasteiger partial charge < -0.3 is 9.47 Å². The van der Waals surface area contributed by atoms with Gasteiger partial charge in [-0.2, -0.15) is 0 Å². The molecular weight excluding hydrogens is 242 g/mol. The SMILES string of the molecule is COC(=O)C1=C(C)CS[C@H]2N1C(=O)[C@]2(C)OC. The number of hydrogen-bond donors (Lipinski definition) is 0. The Morgan fingerprint density at radius 1 is 1.53 bits per heavy atom. The number of carbonyl (C=O) groups is 2. The van der Waals surface area contributed by atoms with Crippen LogP contribution in [0.4, 0.5) is 0 Å². The Labute approximate surface area is 104 Å². The van der Waals surface area contributed by atoms with Crippen LogP contribution in [-0.4, -0.2) is 47.7 Å². The van der Waals surface area contributed by atoms with Crippen molar-refractivity contribution >= 4 is 23.6 Å². The Morgan fingerprint density at radius 2 is 2.18 bits per heavy atom. The molecule has 2 rings (SSSR count). The molecule has 17 heavy (non-hydrogen) atoms. The van der Waals surface area contributed by atoms with Crippen molar-refractivity contribution in [1.82, 2.24) is 4.90 Å². The van der Waals surface area contributed by atoms with Gasteiger partial charge in [0.25, 0.3) is 5.91 Å². The van der Waals surface area contributed by atoms with Gasteiger partial charge in [-0.15, -0.1) is 11.8 Å². The van der Waals surface area contributed by atoms with E-state index in [9.17, 15) is 9.59 Å². The number of esters is 1. The molecule has 94 valence electrons. The molecule has 2 aliphatic heterocycles. The normalized spacial score (nSPS) is 32.1. The molecule has 0 spiro atoms. The lowest BCUT2D eigenvalue weighted by molar-refractivity contribution is -0.180. The predicted molar refractivity (Wildman–Crippen MR) is 63.2 cm³/mol. The van der Waals surface area contributed by atoms with Crippen molar-refractivity contribution < 1.29 is 19.1 Å². The first-order valence-corrected chi connectivity index (χ1v) is 6.30. The van der Waals surface area contributed by atoms with E-state index in [0.29, 0.717) is 11.4 Å². The third-order valence-electron chi connectivity index (χ3n) is 3.25. The highest BCUT2D eigenvalue weighted by molar-refractivity contribution is 8.00. The average Bonchev–Trinajstić information content (AvgIpc) is 2.35. The maximum atomic E-state index is 12.1. The highest BCUT2D eigenvalue weighted by Gasteiger charge is 2.62. The molecule has 0 N–H and O–H groups in total. The maximum absolute atomic E-state index is 12.1. The molecule has 5 nitrogen and oxygen atoms in total. The highest BCUT2D eigenvalue weighted by atomic mass is 32.2. The average molecular weight is 257 g/mol. The number of nitrogens with zero attached hydrogens (tertiary/aromatic N) is 1. The molecule has 0 bridgehead atoms. The van der Waals surface area contributed by atoms with Gasteiger partial charge in [-0.3, -0.25) is 9.69 Å². The first-order valence-electron chi connectivity index (χ1n) is 5.26. The fourth-order valence-corrected chi connectivity index (χ4v) is 3.53. The lowest BCUT2D eigenvalue weighted by atomic mass is 9.92. The Bertz CT molecular complexity index is 420. The number of ether oxygens (including phenoxy) is 2. The number of rotatable bonds is 2. The minimum atomic E-state index is -0.829. The summed E-state index contributed by atoms with van der Waals surface area (Å²) < 4.78 is 9.99. The summed E-state index contributed by atoms with van der Waals surface area (Å²) in [6.07, 6.45) is 0. The van der Waals surface area contributed by atoms with Crippen molar-refractivity contribution in [3.8, 4) is 0 Å². The van der Waals surface area contributed by atoms with Gasteiger partial charge in [-0.05, 0) is 19.4 Å². The number of hydrogen-bond acceptors (Lipinski definition) is 5. The van der Waals surface area contributed by atoms with Gasteiger partial charge in [0.1, 0.15) is 11.1 Å². The summed E-state index contributed by atoms with van der Waals surface area (Å²) >= 11 is 1.60. The zero-order chi connectivity index (χ0) is 12.8. The molecule has 0 aromatic heterocycles. The van der Waals surface area contributed by atoms with Crippen LogP contribution >= 0.6 is 11.8 Å². The highest BCUT2D eigenvalue weighted by Crippen LogP contribution is 2.47. The Morgan fingerprint density at radius 3 is 2.71 bits per heavy atom. The van der Waals surface area contributed by atoms with E-state index in [2.05, 4.69) is 0 Å². The van der Waals surface area contributed by atoms with Crippen molar-refractivity contribution in [2.24, 2.45) is 0 Å². The van der Waals surface area contributed by atoms with Crippen molar-refractivity contribution in [2.45, 2.75) is 24.8 Å². The fourth-order valence-electron chi connectivity index (χ4n) is 2.12. The van der Waals surface area contributed by atoms with Crippen LogP contribution in [0, 0.1) is 0 Å². The van der Waals surface area contributed by atoms with Crippen LogP contribution in [0.15, 0.2) is 11.3 Å². The molecule has 2 heterocycles. The van der Waals surface area contributed by atoms with E-state index in [1.54, 1.807) is 18.7 Å². The zero-order valence-electron chi connectivity index (χ0n) is 10.3. The van der Waals surface area contributed by atoms with Gasteiger partial charge >= 0.3 is 5.97 Å². The standard InChI is InChI=1S/C11H15NO4S/c1-6-5-17-10-11(2,16-4)9(14)12(10)7(6)8(13)15-3/h10H,5H2,1-4H3/t10-,11+/m1/s1. The lowest BCUT2D eigenvalue weighted by Crippen LogP contribution is -2.73. The Kier molecular flexibility index (Phi) is 2.95. The molecule has 0 unspecified atom stereocenters.